The van der Waals surface area contributed by atoms with Crippen LogP contribution in [-0.4, -0.2) is 19.2 Å². The molecule has 3 unspecified atom stereocenters. The van der Waals surface area contributed by atoms with Crippen LogP contribution in [0.1, 0.15) is 50.2 Å². The largest absolute Gasteiger partial charge is 0.364 e. The Morgan fingerprint density at radius 2 is 2.22 bits per heavy atom. The van der Waals surface area contributed by atoms with E-state index in [1.807, 2.05) is 0 Å². The fourth-order valence-corrected chi connectivity index (χ4v) is 3.45. The summed E-state index contributed by atoms with van der Waals surface area (Å²) in [4.78, 5) is 0. The zero-order valence-electron chi connectivity index (χ0n) is 11.4. The van der Waals surface area contributed by atoms with Gasteiger partial charge in [-0.3, -0.25) is 0 Å². The highest BCUT2D eigenvalue weighted by atomic mass is 16.5. The van der Waals surface area contributed by atoms with Gasteiger partial charge in [0.25, 0.3) is 0 Å². The number of hydrogen-bond acceptors (Lipinski definition) is 2. The SMILES string of the molecule is CCC1CNCC2(CCC(C)c3ccccc32)O1. The Morgan fingerprint density at radius 1 is 1.39 bits per heavy atom. The highest BCUT2D eigenvalue weighted by Crippen LogP contribution is 2.44. The lowest BCUT2D eigenvalue weighted by atomic mass is 9.73. The van der Waals surface area contributed by atoms with Crippen LogP contribution in [0, 0.1) is 0 Å². The maximum absolute atomic E-state index is 6.48. The Kier molecular flexibility index (Phi) is 3.16. The second kappa shape index (κ2) is 4.67. The first-order valence-electron chi connectivity index (χ1n) is 7.23. The van der Waals surface area contributed by atoms with E-state index in [-0.39, 0.29) is 5.60 Å². The zero-order chi connectivity index (χ0) is 12.6. The summed E-state index contributed by atoms with van der Waals surface area (Å²) in [6.07, 6.45) is 3.83. The van der Waals surface area contributed by atoms with E-state index in [1.165, 1.54) is 17.5 Å². The molecule has 1 aliphatic carbocycles. The molecule has 2 nitrogen and oxygen atoms in total. The quantitative estimate of drug-likeness (QED) is 0.820. The Hall–Kier alpha value is -0.860. The van der Waals surface area contributed by atoms with E-state index in [9.17, 15) is 0 Å². The van der Waals surface area contributed by atoms with Crippen molar-refractivity contribution >= 4 is 0 Å². The van der Waals surface area contributed by atoms with Crippen molar-refractivity contribution in [2.24, 2.45) is 0 Å². The Labute approximate surface area is 110 Å². The smallest absolute Gasteiger partial charge is 0.106 e. The standard InChI is InChI=1S/C16H23NO/c1-3-13-10-17-11-16(18-13)9-8-12(2)14-6-4-5-7-15(14)16/h4-7,12-13,17H,3,8-11H2,1-2H3. The van der Waals surface area contributed by atoms with E-state index >= 15 is 0 Å². The zero-order valence-corrected chi connectivity index (χ0v) is 11.4. The normalized spacial score (nSPS) is 35.4. The van der Waals surface area contributed by atoms with Crippen LogP contribution in [0.5, 0.6) is 0 Å². The number of benzene rings is 1. The highest BCUT2D eigenvalue weighted by Gasteiger charge is 2.42. The molecule has 1 fully saturated rings. The molecule has 1 N–H and O–H groups in total. The van der Waals surface area contributed by atoms with Crippen molar-refractivity contribution in [3.63, 3.8) is 0 Å². The molecule has 2 heteroatoms. The molecule has 3 atom stereocenters. The summed E-state index contributed by atoms with van der Waals surface area (Å²) in [7, 11) is 0. The van der Waals surface area contributed by atoms with Crippen LogP contribution in [0.3, 0.4) is 0 Å². The molecular formula is C16H23NO. The third kappa shape index (κ3) is 1.88. The van der Waals surface area contributed by atoms with Gasteiger partial charge >= 0.3 is 0 Å². The number of nitrogens with one attached hydrogen (secondary N) is 1. The summed E-state index contributed by atoms with van der Waals surface area (Å²) < 4.78 is 6.48. The van der Waals surface area contributed by atoms with E-state index < -0.39 is 0 Å². The van der Waals surface area contributed by atoms with Gasteiger partial charge < -0.3 is 10.1 Å². The minimum atomic E-state index is -0.0674. The van der Waals surface area contributed by atoms with E-state index in [2.05, 4.69) is 43.4 Å². The van der Waals surface area contributed by atoms with Crippen molar-refractivity contribution in [3.8, 4) is 0 Å². The molecule has 0 amide bonds. The van der Waals surface area contributed by atoms with Gasteiger partial charge in [0.1, 0.15) is 5.60 Å². The minimum Gasteiger partial charge on any atom is -0.364 e. The average molecular weight is 245 g/mol. The lowest BCUT2D eigenvalue weighted by Crippen LogP contribution is -2.53. The van der Waals surface area contributed by atoms with Crippen LogP contribution >= 0.6 is 0 Å². The predicted octanol–water partition coefficient (Wildman–Crippen LogP) is 3.18. The fourth-order valence-electron chi connectivity index (χ4n) is 3.45. The second-order valence-electron chi connectivity index (χ2n) is 5.80. The Balaban J connectivity index is 2.00. The molecule has 0 bridgehead atoms. The first-order chi connectivity index (χ1) is 8.75. The van der Waals surface area contributed by atoms with Crippen LogP contribution in [0.15, 0.2) is 24.3 Å². The molecule has 2 aliphatic rings. The molecule has 0 saturated carbocycles. The van der Waals surface area contributed by atoms with Crippen molar-refractivity contribution < 1.29 is 4.74 Å². The molecule has 18 heavy (non-hydrogen) atoms. The van der Waals surface area contributed by atoms with Gasteiger partial charge in [0.2, 0.25) is 0 Å². The number of rotatable bonds is 1. The maximum atomic E-state index is 6.48. The molecule has 0 radical (unpaired) electrons. The summed E-state index contributed by atoms with van der Waals surface area (Å²) in [5.74, 6) is 0.664. The van der Waals surface area contributed by atoms with Gasteiger partial charge in [0, 0.05) is 13.1 Å². The maximum Gasteiger partial charge on any atom is 0.106 e. The van der Waals surface area contributed by atoms with Crippen molar-refractivity contribution in [1.82, 2.24) is 5.32 Å². The molecule has 0 aromatic heterocycles. The molecule has 3 rings (SSSR count). The van der Waals surface area contributed by atoms with Crippen molar-refractivity contribution in [3.05, 3.63) is 35.4 Å². The van der Waals surface area contributed by atoms with Crippen LogP contribution in [0.2, 0.25) is 0 Å². The monoisotopic (exact) mass is 245 g/mol. The minimum absolute atomic E-state index is 0.0674. The van der Waals surface area contributed by atoms with Crippen LogP contribution in [0.4, 0.5) is 0 Å². The third-order valence-electron chi connectivity index (χ3n) is 4.59. The first kappa shape index (κ1) is 12.2. The topological polar surface area (TPSA) is 21.3 Å². The van der Waals surface area contributed by atoms with Crippen molar-refractivity contribution in [2.75, 3.05) is 13.1 Å². The van der Waals surface area contributed by atoms with E-state index in [0.717, 1.165) is 25.9 Å². The molecule has 1 saturated heterocycles. The summed E-state index contributed by atoms with van der Waals surface area (Å²) in [6, 6.07) is 8.85. The first-order valence-corrected chi connectivity index (χ1v) is 7.23. The molecule has 1 aromatic carbocycles. The molecule has 1 heterocycles. The predicted molar refractivity (Wildman–Crippen MR) is 73.8 cm³/mol. The molecule has 98 valence electrons. The van der Waals surface area contributed by atoms with Crippen LogP contribution in [-0.2, 0) is 10.3 Å². The van der Waals surface area contributed by atoms with Gasteiger partial charge in [0.05, 0.1) is 6.10 Å². The Morgan fingerprint density at radius 3 is 3.06 bits per heavy atom. The number of ether oxygens (including phenoxy) is 1. The van der Waals surface area contributed by atoms with E-state index in [0.29, 0.717) is 12.0 Å². The summed E-state index contributed by atoms with van der Waals surface area (Å²) in [5.41, 5.74) is 2.85. The summed E-state index contributed by atoms with van der Waals surface area (Å²) >= 11 is 0. The van der Waals surface area contributed by atoms with E-state index in [4.69, 9.17) is 4.74 Å². The lowest BCUT2D eigenvalue weighted by molar-refractivity contribution is -0.132. The van der Waals surface area contributed by atoms with Crippen molar-refractivity contribution in [2.45, 2.75) is 50.7 Å². The summed E-state index contributed by atoms with van der Waals surface area (Å²) in [6.45, 7) is 6.51. The van der Waals surface area contributed by atoms with Crippen molar-refractivity contribution in [1.29, 1.82) is 0 Å². The molecule has 1 aromatic rings. The lowest BCUT2D eigenvalue weighted by Gasteiger charge is -2.46. The molecule has 1 aliphatic heterocycles. The van der Waals surface area contributed by atoms with Gasteiger partial charge in [-0.25, -0.2) is 0 Å². The van der Waals surface area contributed by atoms with E-state index in [1.54, 1.807) is 0 Å². The van der Waals surface area contributed by atoms with Gasteiger partial charge in [-0.05, 0) is 36.3 Å². The van der Waals surface area contributed by atoms with Gasteiger partial charge in [-0.15, -0.1) is 0 Å². The number of fused-ring (bicyclic) bond motifs is 2. The highest BCUT2D eigenvalue weighted by molar-refractivity contribution is 5.38. The number of morpholine rings is 1. The number of hydrogen-bond donors (Lipinski definition) is 1. The Bertz CT molecular complexity index is 431. The molecular weight excluding hydrogens is 222 g/mol. The second-order valence-corrected chi connectivity index (χ2v) is 5.80. The van der Waals surface area contributed by atoms with Crippen LogP contribution < -0.4 is 5.32 Å². The van der Waals surface area contributed by atoms with Crippen LogP contribution in [0.25, 0.3) is 0 Å². The van der Waals surface area contributed by atoms with Gasteiger partial charge in [-0.1, -0.05) is 38.1 Å². The fraction of sp³-hybridized carbons (Fsp3) is 0.625. The van der Waals surface area contributed by atoms with Gasteiger partial charge in [-0.2, -0.15) is 0 Å². The summed E-state index contributed by atoms with van der Waals surface area (Å²) in [5, 5.41) is 3.58. The average Bonchev–Trinajstić information content (AvgIpc) is 2.44. The third-order valence-corrected chi connectivity index (χ3v) is 4.59. The molecule has 1 spiro atoms. The van der Waals surface area contributed by atoms with Gasteiger partial charge in [0.15, 0.2) is 0 Å².